The number of aliphatic hydroxyl groups is 1. The van der Waals surface area contributed by atoms with E-state index in [0.29, 0.717) is 5.69 Å². The number of hydrogen-bond donors (Lipinski definition) is 3. The van der Waals surface area contributed by atoms with Crippen LogP contribution in [-0.2, 0) is 14.3 Å². The minimum Gasteiger partial charge on any atom is -0.467 e. The summed E-state index contributed by atoms with van der Waals surface area (Å²) in [5.74, 6) is -1.17. The number of pyridine rings is 1. The normalized spacial score (nSPS) is 19.3. The molecule has 8 heteroatoms. The zero-order chi connectivity index (χ0) is 13.3. The summed E-state index contributed by atoms with van der Waals surface area (Å²) < 4.78 is 4.37. The number of nitrogens with one attached hydrogen (secondary N) is 2. The molecule has 2 unspecified atom stereocenters. The number of aliphatic hydroxyl groups excluding tert-OH is 1. The summed E-state index contributed by atoms with van der Waals surface area (Å²) in [4.78, 5) is 26.8. The Morgan fingerprint density at radius 1 is 1.61 bits per heavy atom. The van der Waals surface area contributed by atoms with E-state index in [1.807, 2.05) is 0 Å². The van der Waals surface area contributed by atoms with E-state index >= 15 is 0 Å². The van der Waals surface area contributed by atoms with Gasteiger partial charge >= 0.3 is 5.97 Å². The molecule has 0 aromatic carbocycles. The van der Waals surface area contributed by atoms with Crippen LogP contribution in [0.3, 0.4) is 0 Å². The molecule has 96 valence electrons. The molecule has 0 bridgehead atoms. The molecule has 0 saturated carbocycles. The molecule has 7 nitrogen and oxygen atoms in total. The highest BCUT2D eigenvalue weighted by molar-refractivity contribution is 6.29. The van der Waals surface area contributed by atoms with Crippen LogP contribution in [0.15, 0.2) is 12.1 Å². The van der Waals surface area contributed by atoms with Gasteiger partial charge in [0, 0.05) is 0 Å². The maximum absolute atomic E-state index is 11.7. The minimum atomic E-state index is -1.62. The first kappa shape index (κ1) is 12.6. The van der Waals surface area contributed by atoms with Gasteiger partial charge in [-0.15, -0.1) is 0 Å². The summed E-state index contributed by atoms with van der Waals surface area (Å²) in [6.45, 7) is 0. The highest BCUT2D eigenvalue weighted by Gasteiger charge is 2.36. The number of carbonyl (C=O) groups is 2. The standard InChI is InChI=1S/C10H10ClN3O4/c1-18-10(17)7(15)6-9(16)12-4-2-3-5(11)13-8(4)14-6/h2-3,6-7,15H,1H3,(H,12,16)(H,13,14). The fourth-order valence-corrected chi connectivity index (χ4v) is 1.70. The lowest BCUT2D eigenvalue weighted by atomic mass is 10.1. The van der Waals surface area contributed by atoms with Gasteiger partial charge in [-0.3, -0.25) is 4.79 Å². The first-order valence-corrected chi connectivity index (χ1v) is 5.40. The fraction of sp³-hybridized carbons (Fsp3) is 0.300. The van der Waals surface area contributed by atoms with Crippen molar-refractivity contribution in [2.24, 2.45) is 0 Å². The molecule has 0 spiro atoms. The van der Waals surface area contributed by atoms with E-state index in [0.717, 1.165) is 7.11 Å². The van der Waals surface area contributed by atoms with Crippen LogP contribution in [0.25, 0.3) is 0 Å². The van der Waals surface area contributed by atoms with Crippen molar-refractivity contribution in [3.05, 3.63) is 17.3 Å². The number of nitrogens with zero attached hydrogens (tertiary/aromatic N) is 1. The number of rotatable bonds is 2. The lowest BCUT2D eigenvalue weighted by molar-refractivity contribution is -0.152. The van der Waals surface area contributed by atoms with Crippen molar-refractivity contribution in [1.29, 1.82) is 0 Å². The zero-order valence-corrected chi connectivity index (χ0v) is 10.1. The quantitative estimate of drug-likeness (QED) is 0.517. The van der Waals surface area contributed by atoms with Gasteiger partial charge in [0.1, 0.15) is 11.2 Å². The lowest BCUT2D eigenvalue weighted by Gasteiger charge is -2.27. The Morgan fingerprint density at radius 3 is 3.00 bits per heavy atom. The third-order valence-corrected chi connectivity index (χ3v) is 2.66. The summed E-state index contributed by atoms with van der Waals surface area (Å²) in [7, 11) is 1.12. The number of ether oxygens (including phenoxy) is 1. The monoisotopic (exact) mass is 271 g/mol. The minimum absolute atomic E-state index is 0.226. The highest BCUT2D eigenvalue weighted by atomic mass is 35.5. The second-order valence-corrected chi connectivity index (χ2v) is 4.00. The van der Waals surface area contributed by atoms with E-state index in [4.69, 9.17) is 11.6 Å². The van der Waals surface area contributed by atoms with Crippen molar-refractivity contribution in [2.75, 3.05) is 17.7 Å². The van der Waals surface area contributed by atoms with Gasteiger partial charge in [0.05, 0.1) is 12.8 Å². The van der Waals surface area contributed by atoms with E-state index in [-0.39, 0.29) is 11.0 Å². The molecule has 3 N–H and O–H groups in total. The first-order valence-electron chi connectivity index (χ1n) is 5.03. The maximum Gasteiger partial charge on any atom is 0.337 e. The average molecular weight is 272 g/mol. The first-order chi connectivity index (χ1) is 8.52. The second-order valence-electron chi connectivity index (χ2n) is 3.61. The van der Waals surface area contributed by atoms with Crippen LogP contribution in [-0.4, -0.2) is 41.2 Å². The Labute approximate surface area is 107 Å². The Bertz CT molecular complexity index is 508. The van der Waals surface area contributed by atoms with Gasteiger partial charge < -0.3 is 20.5 Å². The molecule has 0 radical (unpaired) electrons. The van der Waals surface area contributed by atoms with E-state index < -0.39 is 24.0 Å². The molecule has 1 aliphatic heterocycles. The number of amides is 1. The number of carbonyl (C=O) groups excluding carboxylic acids is 2. The SMILES string of the molecule is COC(=O)C(O)C1Nc2nc(Cl)ccc2NC1=O. The molecule has 1 aromatic heterocycles. The molecular weight excluding hydrogens is 262 g/mol. The Balaban J connectivity index is 2.27. The summed E-state index contributed by atoms with van der Waals surface area (Å²) >= 11 is 5.71. The van der Waals surface area contributed by atoms with Crippen LogP contribution in [0, 0.1) is 0 Å². The van der Waals surface area contributed by atoms with Crippen molar-refractivity contribution in [2.45, 2.75) is 12.1 Å². The van der Waals surface area contributed by atoms with Gasteiger partial charge in [0.15, 0.2) is 11.9 Å². The van der Waals surface area contributed by atoms with Crippen LogP contribution >= 0.6 is 11.6 Å². The molecule has 2 atom stereocenters. The van der Waals surface area contributed by atoms with Gasteiger partial charge in [-0.25, -0.2) is 9.78 Å². The van der Waals surface area contributed by atoms with Gasteiger partial charge in [0.2, 0.25) is 5.91 Å². The largest absolute Gasteiger partial charge is 0.467 e. The van der Waals surface area contributed by atoms with Crippen LogP contribution in [0.5, 0.6) is 0 Å². The van der Waals surface area contributed by atoms with Gasteiger partial charge in [0.25, 0.3) is 0 Å². The number of fused-ring (bicyclic) bond motifs is 1. The van der Waals surface area contributed by atoms with Gasteiger partial charge in [-0.1, -0.05) is 11.6 Å². The van der Waals surface area contributed by atoms with E-state index in [9.17, 15) is 14.7 Å². The summed E-state index contributed by atoms with van der Waals surface area (Å²) in [6.07, 6.45) is -1.62. The van der Waals surface area contributed by atoms with Crippen molar-refractivity contribution in [3.8, 4) is 0 Å². The van der Waals surface area contributed by atoms with Crippen LogP contribution in [0.2, 0.25) is 5.15 Å². The molecular formula is C10H10ClN3O4. The molecule has 1 amide bonds. The van der Waals surface area contributed by atoms with E-state index in [1.165, 1.54) is 6.07 Å². The highest BCUT2D eigenvalue weighted by Crippen LogP contribution is 2.27. The second kappa shape index (κ2) is 4.79. The van der Waals surface area contributed by atoms with E-state index in [2.05, 4.69) is 20.4 Å². The van der Waals surface area contributed by atoms with Crippen molar-refractivity contribution in [1.82, 2.24) is 4.98 Å². The molecule has 18 heavy (non-hydrogen) atoms. The van der Waals surface area contributed by atoms with Gasteiger partial charge in [-0.05, 0) is 12.1 Å². The van der Waals surface area contributed by atoms with Crippen molar-refractivity contribution < 1.29 is 19.4 Å². The van der Waals surface area contributed by atoms with Gasteiger partial charge in [-0.2, -0.15) is 0 Å². The number of halogens is 1. The third-order valence-electron chi connectivity index (χ3n) is 2.45. The summed E-state index contributed by atoms with van der Waals surface area (Å²) in [5, 5.41) is 15.0. The van der Waals surface area contributed by atoms with Crippen molar-refractivity contribution in [3.63, 3.8) is 0 Å². The number of methoxy groups -OCH3 is 1. The van der Waals surface area contributed by atoms with E-state index in [1.54, 1.807) is 6.07 Å². The van der Waals surface area contributed by atoms with Crippen molar-refractivity contribution >= 4 is 35.0 Å². The number of aromatic nitrogens is 1. The number of anilines is 2. The predicted octanol–water partition coefficient (Wildman–Crippen LogP) is 0.00150. The molecule has 1 aromatic rings. The Kier molecular flexibility index (Phi) is 3.35. The fourth-order valence-electron chi connectivity index (χ4n) is 1.55. The molecule has 0 fully saturated rings. The van der Waals surface area contributed by atoms with Crippen LogP contribution in [0.1, 0.15) is 0 Å². The average Bonchev–Trinajstić information content (AvgIpc) is 2.36. The molecule has 0 saturated heterocycles. The topological polar surface area (TPSA) is 101 Å². The number of esters is 1. The molecule has 0 aliphatic carbocycles. The summed E-state index contributed by atoms with van der Waals surface area (Å²) in [6, 6.07) is 1.91. The Hall–Kier alpha value is -1.86. The molecule has 2 rings (SSSR count). The molecule has 2 heterocycles. The van der Waals surface area contributed by atoms with Crippen LogP contribution in [0.4, 0.5) is 11.5 Å². The maximum atomic E-state index is 11.7. The summed E-state index contributed by atoms with van der Waals surface area (Å²) in [5.41, 5.74) is 0.428. The molecule has 1 aliphatic rings. The third kappa shape index (κ3) is 2.22. The van der Waals surface area contributed by atoms with Crippen LogP contribution < -0.4 is 10.6 Å². The smallest absolute Gasteiger partial charge is 0.337 e. The number of hydrogen-bond acceptors (Lipinski definition) is 6. The zero-order valence-electron chi connectivity index (χ0n) is 9.31. The Morgan fingerprint density at radius 2 is 2.33 bits per heavy atom. The lowest BCUT2D eigenvalue weighted by Crippen LogP contribution is -2.50. The predicted molar refractivity (Wildman–Crippen MR) is 63.3 cm³/mol.